The third-order valence-electron chi connectivity index (χ3n) is 2.74. The van der Waals surface area contributed by atoms with Gasteiger partial charge in [0, 0.05) is 6.61 Å². The van der Waals surface area contributed by atoms with Crippen molar-refractivity contribution in [2.24, 2.45) is 5.41 Å². The summed E-state index contributed by atoms with van der Waals surface area (Å²) in [6.07, 6.45) is 0.717. The standard InChI is InChI=1S/C13H19FO/c1-13(2,3)12(8-9-15)10-4-6-11(14)7-5-10/h4-7,12,15H,8-9H2,1-3H3/t12-/m1/s1. The van der Waals surface area contributed by atoms with E-state index >= 15 is 0 Å². The number of hydrogen-bond acceptors (Lipinski definition) is 1. The number of benzene rings is 1. The first kappa shape index (κ1) is 12.2. The van der Waals surface area contributed by atoms with Gasteiger partial charge in [-0.2, -0.15) is 0 Å². The molecule has 1 aromatic rings. The molecule has 0 heterocycles. The van der Waals surface area contributed by atoms with Gasteiger partial charge in [0.1, 0.15) is 5.82 Å². The van der Waals surface area contributed by atoms with Crippen LogP contribution < -0.4 is 0 Å². The first-order chi connectivity index (χ1) is 6.95. The highest BCUT2D eigenvalue weighted by molar-refractivity contribution is 5.22. The van der Waals surface area contributed by atoms with Crippen LogP contribution in [0.1, 0.15) is 38.7 Å². The molecule has 15 heavy (non-hydrogen) atoms. The van der Waals surface area contributed by atoms with Crippen molar-refractivity contribution in [1.82, 2.24) is 0 Å². The Hall–Kier alpha value is -0.890. The van der Waals surface area contributed by atoms with Crippen molar-refractivity contribution < 1.29 is 9.50 Å². The van der Waals surface area contributed by atoms with Crippen LogP contribution in [0.5, 0.6) is 0 Å². The Morgan fingerprint density at radius 2 is 1.73 bits per heavy atom. The molecule has 1 N–H and O–H groups in total. The average Bonchev–Trinajstić information content (AvgIpc) is 2.14. The van der Waals surface area contributed by atoms with Crippen molar-refractivity contribution in [2.45, 2.75) is 33.1 Å². The van der Waals surface area contributed by atoms with Crippen LogP contribution in [0.15, 0.2) is 24.3 Å². The monoisotopic (exact) mass is 210 g/mol. The summed E-state index contributed by atoms with van der Waals surface area (Å²) in [5, 5.41) is 9.04. The summed E-state index contributed by atoms with van der Waals surface area (Å²) in [4.78, 5) is 0. The lowest BCUT2D eigenvalue weighted by molar-refractivity contribution is 0.223. The molecule has 0 aromatic heterocycles. The predicted molar refractivity (Wildman–Crippen MR) is 60.3 cm³/mol. The Kier molecular flexibility index (Phi) is 3.86. The van der Waals surface area contributed by atoms with Gasteiger partial charge >= 0.3 is 0 Å². The largest absolute Gasteiger partial charge is 0.396 e. The average molecular weight is 210 g/mol. The smallest absolute Gasteiger partial charge is 0.123 e. The maximum absolute atomic E-state index is 12.8. The Morgan fingerprint density at radius 3 is 2.13 bits per heavy atom. The van der Waals surface area contributed by atoms with Crippen molar-refractivity contribution in [2.75, 3.05) is 6.61 Å². The van der Waals surface area contributed by atoms with Crippen LogP contribution in [0.3, 0.4) is 0 Å². The molecule has 0 radical (unpaired) electrons. The van der Waals surface area contributed by atoms with E-state index in [9.17, 15) is 4.39 Å². The molecular formula is C13H19FO. The molecule has 0 spiro atoms. The summed E-state index contributed by atoms with van der Waals surface area (Å²) in [6, 6.07) is 6.57. The molecule has 0 aliphatic rings. The van der Waals surface area contributed by atoms with Gasteiger partial charge in [-0.15, -0.1) is 0 Å². The summed E-state index contributed by atoms with van der Waals surface area (Å²) in [6.45, 7) is 6.57. The normalized spacial score (nSPS) is 13.9. The van der Waals surface area contributed by atoms with Gasteiger partial charge in [0.15, 0.2) is 0 Å². The molecule has 1 nitrogen and oxygen atoms in total. The zero-order valence-electron chi connectivity index (χ0n) is 9.63. The van der Waals surface area contributed by atoms with Crippen molar-refractivity contribution >= 4 is 0 Å². The van der Waals surface area contributed by atoms with Crippen LogP contribution in [0.25, 0.3) is 0 Å². The fourth-order valence-corrected chi connectivity index (χ4v) is 1.92. The summed E-state index contributed by atoms with van der Waals surface area (Å²) in [5.41, 5.74) is 1.18. The maximum atomic E-state index is 12.8. The Morgan fingerprint density at radius 1 is 1.20 bits per heavy atom. The molecular weight excluding hydrogens is 191 g/mol. The van der Waals surface area contributed by atoms with E-state index in [0.717, 1.165) is 12.0 Å². The molecule has 1 atom stereocenters. The molecule has 0 unspecified atom stereocenters. The van der Waals surface area contributed by atoms with Crippen LogP contribution in [0, 0.1) is 11.2 Å². The van der Waals surface area contributed by atoms with Gasteiger partial charge in [-0.05, 0) is 35.4 Å². The lowest BCUT2D eigenvalue weighted by Crippen LogP contribution is -2.19. The molecule has 0 aliphatic heterocycles. The van der Waals surface area contributed by atoms with Crippen molar-refractivity contribution in [1.29, 1.82) is 0 Å². The molecule has 0 saturated carbocycles. The minimum atomic E-state index is -0.213. The topological polar surface area (TPSA) is 20.2 Å². The number of halogens is 1. The number of rotatable bonds is 3. The number of aliphatic hydroxyl groups excluding tert-OH is 1. The molecule has 0 bridgehead atoms. The van der Waals surface area contributed by atoms with E-state index in [1.807, 2.05) is 0 Å². The van der Waals surface area contributed by atoms with Gasteiger partial charge in [-0.3, -0.25) is 0 Å². The molecule has 0 aliphatic carbocycles. The molecule has 0 amide bonds. The summed E-state index contributed by atoms with van der Waals surface area (Å²) in [5.74, 6) is 0.0542. The minimum Gasteiger partial charge on any atom is -0.396 e. The zero-order valence-corrected chi connectivity index (χ0v) is 9.63. The van der Waals surface area contributed by atoms with Crippen LogP contribution in [0.4, 0.5) is 4.39 Å². The molecule has 2 heteroatoms. The quantitative estimate of drug-likeness (QED) is 0.811. The molecule has 0 saturated heterocycles. The first-order valence-electron chi connectivity index (χ1n) is 5.31. The number of aliphatic hydroxyl groups is 1. The summed E-state index contributed by atoms with van der Waals surface area (Å²) >= 11 is 0. The fourth-order valence-electron chi connectivity index (χ4n) is 1.92. The van der Waals surface area contributed by atoms with Gasteiger partial charge in [0.25, 0.3) is 0 Å². The van der Waals surface area contributed by atoms with Crippen LogP contribution in [-0.2, 0) is 0 Å². The van der Waals surface area contributed by atoms with Gasteiger partial charge in [0.2, 0.25) is 0 Å². The third kappa shape index (κ3) is 3.31. The van der Waals surface area contributed by atoms with Gasteiger partial charge < -0.3 is 5.11 Å². The predicted octanol–water partition coefficient (Wildman–Crippen LogP) is 3.34. The second-order valence-corrected chi connectivity index (χ2v) is 4.98. The van der Waals surface area contributed by atoms with Crippen molar-refractivity contribution in [3.8, 4) is 0 Å². The second kappa shape index (κ2) is 4.75. The highest BCUT2D eigenvalue weighted by Crippen LogP contribution is 2.37. The minimum absolute atomic E-state index is 0.0839. The van der Waals surface area contributed by atoms with Gasteiger partial charge in [-0.25, -0.2) is 4.39 Å². The van der Waals surface area contributed by atoms with E-state index < -0.39 is 0 Å². The van der Waals surface area contributed by atoms with Gasteiger partial charge in [-0.1, -0.05) is 32.9 Å². The van der Waals surface area contributed by atoms with E-state index in [1.54, 1.807) is 12.1 Å². The van der Waals surface area contributed by atoms with E-state index in [-0.39, 0.29) is 23.8 Å². The first-order valence-corrected chi connectivity index (χ1v) is 5.31. The molecule has 84 valence electrons. The van der Waals surface area contributed by atoms with E-state index in [0.29, 0.717) is 0 Å². The highest BCUT2D eigenvalue weighted by Gasteiger charge is 2.25. The second-order valence-electron chi connectivity index (χ2n) is 4.98. The van der Waals surface area contributed by atoms with E-state index in [1.165, 1.54) is 12.1 Å². The Balaban J connectivity index is 2.94. The number of hydrogen-bond donors (Lipinski definition) is 1. The van der Waals surface area contributed by atoms with Crippen molar-refractivity contribution in [3.63, 3.8) is 0 Å². The Bertz CT molecular complexity index is 297. The summed E-state index contributed by atoms with van der Waals surface area (Å²) < 4.78 is 12.8. The van der Waals surface area contributed by atoms with Crippen molar-refractivity contribution in [3.05, 3.63) is 35.6 Å². The third-order valence-corrected chi connectivity index (χ3v) is 2.74. The highest BCUT2D eigenvalue weighted by atomic mass is 19.1. The maximum Gasteiger partial charge on any atom is 0.123 e. The van der Waals surface area contributed by atoms with Crippen LogP contribution >= 0.6 is 0 Å². The zero-order chi connectivity index (χ0) is 11.5. The molecule has 0 fully saturated rings. The van der Waals surface area contributed by atoms with Gasteiger partial charge in [0.05, 0.1) is 0 Å². The lowest BCUT2D eigenvalue weighted by atomic mass is 9.75. The fraction of sp³-hybridized carbons (Fsp3) is 0.538. The van der Waals surface area contributed by atoms with Crippen LogP contribution in [0.2, 0.25) is 0 Å². The summed E-state index contributed by atoms with van der Waals surface area (Å²) in [7, 11) is 0. The lowest BCUT2D eigenvalue weighted by Gasteiger charge is -2.30. The molecule has 1 rings (SSSR count). The van der Waals surface area contributed by atoms with Crippen LogP contribution in [-0.4, -0.2) is 11.7 Å². The Labute approximate surface area is 90.9 Å². The molecule has 1 aromatic carbocycles. The SMILES string of the molecule is CC(C)(C)[C@H](CCO)c1ccc(F)cc1. The van der Waals surface area contributed by atoms with E-state index in [2.05, 4.69) is 20.8 Å². The van der Waals surface area contributed by atoms with E-state index in [4.69, 9.17) is 5.11 Å².